The van der Waals surface area contributed by atoms with Crippen LogP contribution in [-0.2, 0) is 25.7 Å². The fraction of sp³-hybridized carbons (Fsp3) is 0.788. The van der Waals surface area contributed by atoms with E-state index in [1.165, 1.54) is 11.8 Å². The van der Waals surface area contributed by atoms with E-state index >= 15 is 0 Å². The molecule has 1 saturated heterocycles. The van der Waals surface area contributed by atoms with Crippen molar-refractivity contribution in [3.8, 4) is 0 Å². The highest BCUT2D eigenvalue weighted by Crippen LogP contribution is 2.29. The fourth-order valence-corrected chi connectivity index (χ4v) is 6.64. The summed E-state index contributed by atoms with van der Waals surface area (Å²) in [6.45, 7) is 21.9. The Labute approximate surface area is 281 Å². The molecule has 0 saturated carbocycles. The Morgan fingerprint density at radius 2 is 1.87 bits per heavy atom. The molecule has 11 nitrogen and oxygen atoms in total. The number of esters is 1. The van der Waals surface area contributed by atoms with Crippen molar-refractivity contribution in [2.45, 2.75) is 135 Å². The summed E-state index contributed by atoms with van der Waals surface area (Å²) in [4.78, 5) is 41.6. The summed E-state index contributed by atoms with van der Waals surface area (Å²) in [7, 11) is -1.24. The lowest BCUT2D eigenvalue weighted by molar-refractivity contribution is -0.144. The number of aromatic nitrogens is 4. The number of alkyl carbamates (subject to hydrolysis) is 1. The van der Waals surface area contributed by atoms with Crippen LogP contribution in [0.1, 0.15) is 86.5 Å². The molecule has 0 radical (unpaired) electrons. The van der Waals surface area contributed by atoms with E-state index in [1.807, 2.05) is 25.3 Å². The van der Waals surface area contributed by atoms with Crippen LogP contribution in [0.4, 0.5) is 10.7 Å². The summed E-state index contributed by atoms with van der Waals surface area (Å²) < 4.78 is 19.2. The molecule has 2 aromatic heterocycles. The van der Waals surface area contributed by atoms with Crippen LogP contribution in [0.2, 0.25) is 25.7 Å². The fourth-order valence-electron chi connectivity index (χ4n) is 5.13. The number of carbonyl (C=O) groups is 2. The number of piperidine rings is 1. The Bertz CT molecular complexity index is 1270. The van der Waals surface area contributed by atoms with Crippen molar-refractivity contribution in [2.75, 3.05) is 37.0 Å². The second-order valence-electron chi connectivity index (χ2n) is 14.9. The first-order chi connectivity index (χ1) is 21.6. The zero-order chi connectivity index (χ0) is 34.0. The molecule has 0 bridgehead atoms. The summed E-state index contributed by atoms with van der Waals surface area (Å²) in [5, 5.41) is 3.80. The number of amides is 1. The zero-order valence-corrected chi connectivity index (χ0v) is 31.6. The van der Waals surface area contributed by atoms with E-state index in [0.29, 0.717) is 62.4 Å². The van der Waals surface area contributed by atoms with Crippen LogP contribution in [0.15, 0.2) is 11.2 Å². The molecule has 46 heavy (non-hydrogen) atoms. The first-order valence-corrected chi connectivity index (χ1v) is 21.7. The molecular weight excluding hydrogens is 621 g/mol. The highest BCUT2D eigenvalue weighted by atomic mass is 32.2. The topological polar surface area (TPSA) is 121 Å². The Hall–Kier alpha value is -2.38. The predicted octanol–water partition coefficient (Wildman–Crippen LogP) is 7.26. The van der Waals surface area contributed by atoms with Gasteiger partial charge in [0.05, 0.1) is 19.2 Å². The second kappa shape index (κ2) is 17.1. The SMILES string of the molecule is CCCCC(CC)COC(=O)CCSc1cnc2c(n1)nc(N1CCC(C)(NC(=O)OC(C)(C)C)CC1)n2COCC[Si](C)(C)C. The third-order valence-corrected chi connectivity index (χ3v) is 10.8. The first-order valence-electron chi connectivity index (χ1n) is 17.0. The number of unbranched alkanes of at least 4 members (excludes halogenated alkanes) is 1. The zero-order valence-electron chi connectivity index (χ0n) is 29.7. The highest BCUT2D eigenvalue weighted by molar-refractivity contribution is 7.99. The average Bonchev–Trinajstić information content (AvgIpc) is 3.31. The number of fused-ring (bicyclic) bond motifs is 1. The van der Waals surface area contributed by atoms with Crippen molar-refractivity contribution in [2.24, 2.45) is 5.92 Å². The third-order valence-electron chi connectivity index (χ3n) is 8.17. The average molecular weight is 679 g/mol. The van der Waals surface area contributed by atoms with Gasteiger partial charge in [-0.05, 0) is 58.9 Å². The lowest BCUT2D eigenvalue weighted by Gasteiger charge is -2.40. The van der Waals surface area contributed by atoms with Crippen molar-refractivity contribution in [3.05, 3.63) is 6.20 Å². The minimum atomic E-state index is -1.24. The van der Waals surface area contributed by atoms with E-state index in [0.717, 1.165) is 55.5 Å². The largest absolute Gasteiger partial charge is 0.465 e. The summed E-state index contributed by atoms with van der Waals surface area (Å²) in [5.41, 5.74) is 0.300. The van der Waals surface area contributed by atoms with E-state index in [2.05, 4.69) is 50.6 Å². The Kier molecular flexibility index (Phi) is 14.2. The van der Waals surface area contributed by atoms with Crippen LogP contribution < -0.4 is 10.2 Å². The normalized spacial score (nSPS) is 16.0. The van der Waals surface area contributed by atoms with Crippen LogP contribution in [-0.4, -0.2) is 82.9 Å². The lowest BCUT2D eigenvalue weighted by Crippen LogP contribution is -2.54. The minimum Gasteiger partial charge on any atom is -0.465 e. The molecule has 0 aromatic carbocycles. The molecule has 2 aromatic rings. The van der Waals surface area contributed by atoms with Gasteiger partial charge in [-0.1, -0.05) is 52.8 Å². The summed E-state index contributed by atoms with van der Waals surface area (Å²) >= 11 is 1.49. The summed E-state index contributed by atoms with van der Waals surface area (Å²) in [6, 6.07) is 1.07. The van der Waals surface area contributed by atoms with E-state index in [-0.39, 0.29) is 11.5 Å². The second-order valence-corrected chi connectivity index (χ2v) is 21.7. The van der Waals surface area contributed by atoms with Gasteiger partial charge in [0.1, 0.15) is 17.4 Å². The molecule has 260 valence electrons. The van der Waals surface area contributed by atoms with E-state index in [1.54, 1.807) is 6.20 Å². The quantitative estimate of drug-likeness (QED) is 0.0792. The Morgan fingerprint density at radius 3 is 2.50 bits per heavy atom. The number of carbonyl (C=O) groups excluding carboxylic acids is 2. The number of nitrogens with zero attached hydrogens (tertiary/aromatic N) is 5. The van der Waals surface area contributed by atoms with E-state index < -0.39 is 19.8 Å². The third kappa shape index (κ3) is 12.7. The monoisotopic (exact) mass is 678 g/mol. The molecule has 1 N–H and O–H groups in total. The molecule has 1 aliphatic rings. The van der Waals surface area contributed by atoms with E-state index in [9.17, 15) is 9.59 Å². The molecule has 1 atom stereocenters. The lowest BCUT2D eigenvalue weighted by atomic mass is 9.90. The van der Waals surface area contributed by atoms with Gasteiger partial charge in [-0.25, -0.2) is 14.8 Å². The van der Waals surface area contributed by atoms with Gasteiger partial charge in [0.25, 0.3) is 0 Å². The maximum Gasteiger partial charge on any atom is 0.408 e. The van der Waals surface area contributed by atoms with Gasteiger partial charge in [0.15, 0.2) is 5.65 Å². The number of hydrogen-bond acceptors (Lipinski definition) is 10. The van der Waals surface area contributed by atoms with Crippen LogP contribution in [0.3, 0.4) is 0 Å². The van der Waals surface area contributed by atoms with Gasteiger partial charge in [-0.15, -0.1) is 11.8 Å². The first kappa shape index (κ1) is 38.1. The van der Waals surface area contributed by atoms with Crippen LogP contribution in [0, 0.1) is 5.92 Å². The summed E-state index contributed by atoms with van der Waals surface area (Å²) in [6.07, 6.45) is 7.60. The molecule has 13 heteroatoms. The van der Waals surface area contributed by atoms with Crippen LogP contribution >= 0.6 is 11.8 Å². The smallest absolute Gasteiger partial charge is 0.408 e. The molecule has 1 fully saturated rings. The molecule has 3 heterocycles. The van der Waals surface area contributed by atoms with Crippen LogP contribution in [0.5, 0.6) is 0 Å². The summed E-state index contributed by atoms with van der Waals surface area (Å²) in [5.74, 6) is 1.59. The minimum absolute atomic E-state index is 0.170. The maximum absolute atomic E-state index is 12.5. The van der Waals surface area contributed by atoms with Crippen LogP contribution in [0.25, 0.3) is 11.3 Å². The van der Waals surface area contributed by atoms with Crippen molar-refractivity contribution < 1.29 is 23.8 Å². The number of anilines is 1. The van der Waals surface area contributed by atoms with E-state index in [4.69, 9.17) is 29.2 Å². The molecule has 1 aliphatic heterocycles. The standard InChI is InChI=1S/C33H58N6O5SSi/c1-10-12-13-25(11-2)23-43-27(40)14-20-45-26-22-34-29-28(35-26)36-30(39(29)24-42-19-21-46(7,8)9)38-17-15-33(6,16-18-38)37-31(41)44-32(3,4)5/h22,25H,10-21,23-24H2,1-9H3,(H,37,41). The highest BCUT2D eigenvalue weighted by Gasteiger charge is 2.35. The van der Waals surface area contributed by atoms with Gasteiger partial charge in [0.2, 0.25) is 11.6 Å². The molecule has 0 aliphatic carbocycles. The number of nitrogens with one attached hydrogen (secondary N) is 1. The van der Waals surface area contributed by atoms with Crippen molar-refractivity contribution >= 4 is 49.1 Å². The van der Waals surface area contributed by atoms with Gasteiger partial charge in [0, 0.05) is 39.1 Å². The van der Waals surface area contributed by atoms with Gasteiger partial charge >= 0.3 is 12.1 Å². The van der Waals surface area contributed by atoms with Crippen molar-refractivity contribution in [1.82, 2.24) is 24.8 Å². The number of imidazole rings is 1. The molecule has 3 rings (SSSR count). The number of rotatable bonds is 17. The molecular formula is C33H58N6O5SSi. The molecule has 1 unspecified atom stereocenters. The molecule has 1 amide bonds. The Morgan fingerprint density at radius 1 is 1.15 bits per heavy atom. The van der Waals surface area contributed by atoms with Crippen molar-refractivity contribution in [1.29, 1.82) is 0 Å². The molecule has 0 spiro atoms. The van der Waals surface area contributed by atoms with Crippen molar-refractivity contribution in [3.63, 3.8) is 0 Å². The maximum atomic E-state index is 12.5. The van der Waals surface area contributed by atoms with Gasteiger partial charge < -0.3 is 24.4 Å². The predicted molar refractivity (Wildman–Crippen MR) is 188 cm³/mol. The number of ether oxygens (including phenoxy) is 3. The number of thioether (sulfide) groups is 1. The van der Waals surface area contributed by atoms with Gasteiger partial charge in [-0.3, -0.25) is 9.36 Å². The number of hydrogen-bond donors (Lipinski definition) is 1. The van der Waals surface area contributed by atoms with Gasteiger partial charge in [-0.2, -0.15) is 4.98 Å². The Balaban J connectivity index is 1.67.